The molecule has 1 aromatic carbocycles. The van der Waals surface area contributed by atoms with Gasteiger partial charge in [-0.2, -0.15) is 0 Å². The van der Waals surface area contributed by atoms with Gasteiger partial charge in [-0.15, -0.1) is 0 Å². The lowest BCUT2D eigenvalue weighted by Gasteiger charge is -2.29. The first kappa shape index (κ1) is 15.8. The van der Waals surface area contributed by atoms with Crippen molar-refractivity contribution in [1.29, 1.82) is 0 Å². The molecule has 0 bridgehead atoms. The fourth-order valence-electron chi connectivity index (χ4n) is 3.24. The summed E-state index contributed by atoms with van der Waals surface area (Å²) < 4.78 is 1.17. The van der Waals surface area contributed by atoms with Gasteiger partial charge in [0.1, 0.15) is 0 Å². The van der Waals surface area contributed by atoms with Gasteiger partial charge < -0.3 is 10.2 Å². The SMILES string of the molecule is CCCNC(C)c1ccc(Br)cc1N1CC(C)CC1C. The summed E-state index contributed by atoms with van der Waals surface area (Å²) in [4.78, 5) is 2.58. The Kier molecular flexibility index (Phi) is 5.50. The molecule has 1 aliphatic rings. The Balaban J connectivity index is 2.28. The number of anilines is 1. The molecular formula is C17H27BrN2. The molecule has 0 radical (unpaired) electrons. The van der Waals surface area contributed by atoms with Crippen LogP contribution in [0.15, 0.2) is 22.7 Å². The van der Waals surface area contributed by atoms with E-state index < -0.39 is 0 Å². The summed E-state index contributed by atoms with van der Waals surface area (Å²) in [6.45, 7) is 11.4. The van der Waals surface area contributed by atoms with E-state index in [1.165, 1.54) is 35.1 Å². The smallest absolute Gasteiger partial charge is 0.0428 e. The molecule has 3 unspecified atom stereocenters. The molecule has 0 spiro atoms. The van der Waals surface area contributed by atoms with Gasteiger partial charge in [-0.1, -0.05) is 35.8 Å². The van der Waals surface area contributed by atoms with Crippen LogP contribution in [0, 0.1) is 5.92 Å². The minimum atomic E-state index is 0.404. The molecule has 3 heteroatoms. The zero-order valence-electron chi connectivity index (χ0n) is 13.1. The van der Waals surface area contributed by atoms with Gasteiger partial charge in [0, 0.05) is 28.8 Å². The highest BCUT2D eigenvalue weighted by molar-refractivity contribution is 9.10. The van der Waals surface area contributed by atoms with E-state index in [0.717, 1.165) is 12.5 Å². The van der Waals surface area contributed by atoms with Crippen molar-refractivity contribution in [2.75, 3.05) is 18.0 Å². The molecule has 1 fully saturated rings. The van der Waals surface area contributed by atoms with Gasteiger partial charge in [-0.25, -0.2) is 0 Å². The first-order valence-corrected chi connectivity index (χ1v) is 8.61. The van der Waals surface area contributed by atoms with Crippen LogP contribution in [-0.2, 0) is 0 Å². The molecule has 2 nitrogen and oxygen atoms in total. The van der Waals surface area contributed by atoms with Crippen molar-refractivity contribution in [1.82, 2.24) is 5.32 Å². The van der Waals surface area contributed by atoms with E-state index in [1.54, 1.807) is 0 Å². The van der Waals surface area contributed by atoms with Gasteiger partial charge in [-0.05, 0) is 56.8 Å². The summed E-state index contributed by atoms with van der Waals surface area (Å²) in [5.74, 6) is 0.788. The van der Waals surface area contributed by atoms with Crippen LogP contribution in [0.25, 0.3) is 0 Å². The predicted octanol–water partition coefficient (Wildman–Crippen LogP) is 4.74. The van der Waals surface area contributed by atoms with E-state index >= 15 is 0 Å². The van der Waals surface area contributed by atoms with Crippen LogP contribution in [0.5, 0.6) is 0 Å². The van der Waals surface area contributed by atoms with Crippen molar-refractivity contribution in [3.05, 3.63) is 28.2 Å². The highest BCUT2D eigenvalue weighted by Gasteiger charge is 2.28. The third-order valence-electron chi connectivity index (χ3n) is 4.25. The zero-order chi connectivity index (χ0) is 14.7. The van der Waals surface area contributed by atoms with E-state index in [1.807, 2.05) is 0 Å². The molecule has 0 aliphatic carbocycles. The molecule has 1 heterocycles. The largest absolute Gasteiger partial charge is 0.368 e. The molecule has 0 amide bonds. The van der Waals surface area contributed by atoms with E-state index in [0.29, 0.717) is 12.1 Å². The van der Waals surface area contributed by atoms with E-state index in [-0.39, 0.29) is 0 Å². The summed E-state index contributed by atoms with van der Waals surface area (Å²) in [5, 5.41) is 3.62. The monoisotopic (exact) mass is 338 g/mol. The normalized spacial score (nSPS) is 24.1. The average Bonchev–Trinajstić information content (AvgIpc) is 2.74. The van der Waals surface area contributed by atoms with Gasteiger partial charge >= 0.3 is 0 Å². The maximum Gasteiger partial charge on any atom is 0.0428 e. The molecule has 1 aromatic rings. The summed E-state index contributed by atoms with van der Waals surface area (Å²) in [7, 11) is 0. The van der Waals surface area contributed by atoms with Crippen LogP contribution in [0.2, 0.25) is 0 Å². The van der Waals surface area contributed by atoms with Crippen LogP contribution in [0.3, 0.4) is 0 Å². The molecule has 1 N–H and O–H groups in total. The quantitative estimate of drug-likeness (QED) is 0.833. The van der Waals surface area contributed by atoms with Crippen LogP contribution >= 0.6 is 15.9 Å². The lowest BCUT2D eigenvalue weighted by atomic mass is 10.0. The Morgan fingerprint density at radius 2 is 2.15 bits per heavy atom. The van der Waals surface area contributed by atoms with Crippen molar-refractivity contribution < 1.29 is 0 Å². The second kappa shape index (κ2) is 6.95. The second-order valence-corrected chi connectivity index (χ2v) is 7.14. The molecule has 0 saturated carbocycles. The summed E-state index contributed by atoms with van der Waals surface area (Å²) in [6.07, 6.45) is 2.47. The fraction of sp³-hybridized carbons (Fsp3) is 0.647. The van der Waals surface area contributed by atoms with E-state index in [2.05, 4.69) is 72.0 Å². The first-order chi connectivity index (χ1) is 9.52. The standard InChI is InChI=1S/C17H27BrN2/c1-5-8-19-14(4)16-7-6-15(18)10-17(16)20-11-12(2)9-13(20)3/h6-7,10,12-14,19H,5,8-9,11H2,1-4H3. The van der Waals surface area contributed by atoms with Gasteiger partial charge in [0.25, 0.3) is 0 Å². The maximum absolute atomic E-state index is 3.63. The number of benzene rings is 1. The Morgan fingerprint density at radius 1 is 1.40 bits per heavy atom. The number of hydrogen-bond acceptors (Lipinski definition) is 2. The van der Waals surface area contributed by atoms with Crippen molar-refractivity contribution in [3.63, 3.8) is 0 Å². The van der Waals surface area contributed by atoms with Crippen LogP contribution in [0.1, 0.15) is 52.1 Å². The van der Waals surface area contributed by atoms with Crippen LogP contribution in [-0.4, -0.2) is 19.1 Å². The molecular weight excluding hydrogens is 312 g/mol. The second-order valence-electron chi connectivity index (χ2n) is 6.22. The molecule has 3 atom stereocenters. The minimum Gasteiger partial charge on any atom is -0.368 e. The number of nitrogens with zero attached hydrogens (tertiary/aromatic N) is 1. The Morgan fingerprint density at radius 3 is 2.75 bits per heavy atom. The number of nitrogens with one attached hydrogen (secondary N) is 1. The highest BCUT2D eigenvalue weighted by atomic mass is 79.9. The third kappa shape index (κ3) is 3.56. The minimum absolute atomic E-state index is 0.404. The summed E-state index contributed by atoms with van der Waals surface area (Å²) >= 11 is 3.63. The Hall–Kier alpha value is -0.540. The summed E-state index contributed by atoms with van der Waals surface area (Å²) in [6, 6.07) is 7.75. The molecule has 1 aliphatic heterocycles. The van der Waals surface area contributed by atoms with Crippen molar-refractivity contribution in [2.45, 2.75) is 52.6 Å². The molecule has 1 saturated heterocycles. The van der Waals surface area contributed by atoms with Crippen molar-refractivity contribution in [2.24, 2.45) is 5.92 Å². The third-order valence-corrected chi connectivity index (χ3v) is 4.75. The maximum atomic E-state index is 3.63. The van der Waals surface area contributed by atoms with Crippen LogP contribution in [0.4, 0.5) is 5.69 Å². The lowest BCUT2D eigenvalue weighted by Crippen LogP contribution is -2.29. The van der Waals surface area contributed by atoms with Gasteiger partial charge in [0.05, 0.1) is 0 Å². The molecule has 2 rings (SSSR count). The van der Waals surface area contributed by atoms with Gasteiger partial charge in [-0.3, -0.25) is 0 Å². The molecule has 20 heavy (non-hydrogen) atoms. The summed E-state index contributed by atoms with van der Waals surface area (Å²) in [5.41, 5.74) is 2.81. The van der Waals surface area contributed by atoms with E-state index in [9.17, 15) is 0 Å². The Labute approximate surface area is 132 Å². The molecule has 0 aromatic heterocycles. The highest BCUT2D eigenvalue weighted by Crippen LogP contribution is 2.35. The number of hydrogen-bond donors (Lipinski definition) is 1. The predicted molar refractivity (Wildman–Crippen MR) is 91.4 cm³/mol. The number of rotatable bonds is 5. The fourth-order valence-corrected chi connectivity index (χ4v) is 3.59. The average molecular weight is 339 g/mol. The topological polar surface area (TPSA) is 15.3 Å². The number of halogens is 1. The zero-order valence-corrected chi connectivity index (χ0v) is 14.7. The lowest BCUT2D eigenvalue weighted by molar-refractivity contribution is 0.568. The Bertz CT molecular complexity index is 447. The van der Waals surface area contributed by atoms with Gasteiger partial charge in [0.15, 0.2) is 0 Å². The van der Waals surface area contributed by atoms with Crippen molar-refractivity contribution >= 4 is 21.6 Å². The van der Waals surface area contributed by atoms with Crippen LogP contribution < -0.4 is 10.2 Å². The molecule has 112 valence electrons. The van der Waals surface area contributed by atoms with Crippen molar-refractivity contribution in [3.8, 4) is 0 Å². The first-order valence-electron chi connectivity index (χ1n) is 7.82. The van der Waals surface area contributed by atoms with E-state index in [4.69, 9.17) is 0 Å². The van der Waals surface area contributed by atoms with Gasteiger partial charge in [0.2, 0.25) is 0 Å².